The number of rotatable bonds is 3. The number of halogens is 1. The number of amides is 1. The van der Waals surface area contributed by atoms with Gasteiger partial charge in [0, 0.05) is 14.8 Å². The molecule has 4 aromatic rings. The minimum Gasteiger partial charge on any atom is -0.436 e. The third-order valence-corrected chi connectivity index (χ3v) is 5.70. The summed E-state index contributed by atoms with van der Waals surface area (Å²) in [5, 5.41) is 2.94. The standard InChI is InChI=1S/C24H21IN2O2/c1-24(2,3)16-10-8-15(9-11-16)23-27-20-14-17(12-13-21(20)29-23)26-22(28)18-6-4-5-7-19(18)25/h4-14H,1-3H3,(H,26,28). The van der Waals surface area contributed by atoms with Crippen LogP contribution in [0, 0.1) is 3.57 Å². The fourth-order valence-electron chi connectivity index (χ4n) is 3.09. The second-order valence-corrected chi connectivity index (χ2v) is 9.13. The normalized spacial score (nSPS) is 11.6. The Hall–Kier alpha value is -2.67. The van der Waals surface area contributed by atoms with Gasteiger partial charge in [-0.2, -0.15) is 0 Å². The van der Waals surface area contributed by atoms with Gasteiger partial charge in [-0.1, -0.05) is 45.0 Å². The van der Waals surface area contributed by atoms with Crippen LogP contribution in [0.4, 0.5) is 5.69 Å². The first-order valence-corrected chi connectivity index (χ1v) is 10.5. The topological polar surface area (TPSA) is 55.1 Å². The summed E-state index contributed by atoms with van der Waals surface area (Å²) in [5.41, 5.74) is 5.02. The van der Waals surface area contributed by atoms with Crippen molar-refractivity contribution in [3.8, 4) is 11.5 Å². The Morgan fingerprint density at radius 2 is 1.72 bits per heavy atom. The number of anilines is 1. The zero-order chi connectivity index (χ0) is 20.6. The van der Waals surface area contributed by atoms with E-state index in [1.54, 1.807) is 0 Å². The number of hydrogen-bond acceptors (Lipinski definition) is 3. The second kappa shape index (κ2) is 7.63. The Balaban J connectivity index is 1.59. The lowest BCUT2D eigenvalue weighted by Crippen LogP contribution is -2.13. The summed E-state index contributed by atoms with van der Waals surface area (Å²) >= 11 is 2.16. The van der Waals surface area contributed by atoms with Crippen LogP contribution < -0.4 is 5.32 Å². The maximum atomic E-state index is 12.6. The van der Waals surface area contributed by atoms with E-state index in [0.717, 1.165) is 9.13 Å². The molecule has 0 atom stereocenters. The number of fused-ring (bicyclic) bond motifs is 1. The van der Waals surface area contributed by atoms with Crippen molar-refractivity contribution in [1.29, 1.82) is 0 Å². The van der Waals surface area contributed by atoms with Gasteiger partial charge in [-0.25, -0.2) is 4.98 Å². The molecule has 0 spiro atoms. The molecule has 1 amide bonds. The predicted octanol–water partition coefficient (Wildman–Crippen LogP) is 6.65. The van der Waals surface area contributed by atoms with Gasteiger partial charge in [0.2, 0.25) is 5.89 Å². The van der Waals surface area contributed by atoms with Crippen LogP contribution in [-0.4, -0.2) is 10.9 Å². The van der Waals surface area contributed by atoms with E-state index in [4.69, 9.17) is 4.42 Å². The first-order valence-electron chi connectivity index (χ1n) is 9.39. The van der Waals surface area contributed by atoms with E-state index < -0.39 is 0 Å². The van der Waals surface area contributed by atoms with E-state index in [1.807, 2.05) is 54.6 Å². The van der Waals surface area contributed by atoms with Crippen LogP contribution >= 0.6 is 22.6 Å². The maximum absolute atomic E-state index is 12.6. The molecule has 0 unspecified atom stereocenters. The van der Waals surface area contributed by atoms with Crippen LogP contribution in [0.3, 0.4) is 0 Å². The number of benzene rings is 3. The largest absolute Gasteiger partial charge is 0.436 e. The SMILES string of the molecule is CC(C)(C)c1ccc(-c2nc3cc(NC(=O)c4ccccc4I)ccc3o2)cc1. The van der Waals surface area contributed by atoms with Gasteiger partial charge in [0.05, 0.1) is 5.56 Å². The molecule has 4 nitrogen and oxygen atoms in total. The first-order chi connectivity index (χ1) is 13.8. The van der Waals surface area contributed by atoms with Crippen molar-refractivity contribution in [2.75, 3.05) is 5.32 Å². The van der Waals surface area contributed by atoms with Crippen molar-refractivity contribution in [3.05, 3.63) is 81.4 Å². The van der Waals surface area contributed by atoms with Crippen LogP contribution in [0.1, 0.15) is 36.7 Å². The van der Waals surface area contributed by atoms with Crippen LogP contribution in [0.2, 0.25) is 0 Å². The molecular formula is C24H21IN2O2. The zero-order valence-corrected chi connectivity index (χ0v) is 18.7. The summed E-state index contributed by atoms with van der Waals surface area (Å²) in [6.07, 6.45) is 0. The average Bonchev–Trinajstić information content (AvgIpc) is 3.11. The highest BCUT2D eigenvalue weighted by Crippen LogP contribution is 2.29. The summed E-state index contributed by atoms with van der Waals surface area (Å²) in [5.74, 6) is 0.428. The molecule has 146 valence electrons. The predicted molar refractivity (Wildman–Crippen MR) is 125 cm³/mol. The van der Waals surface area contributed by atoms with Gasteiger partial charge in [0.15, 0.2) is 5.58 Å². The summed E-state index contributed by atoms with van der Waals surface area (Å²) in [7, 11) is 0. The smallest absolute Gasteiger partial charge is 0.256 e. The quantitative estimate of drug-likeness (QED) is 0.323. The van der Waals surface area contributed by atoms with Gasteiger partial charge in [0.25, 0.3) is 5.91 Å². The highest BCUT2D eigenvalue weighted by molar-refractivity contribution is 14.1. The molecule has 0 saturated heterocycles. The molecule has 1 aromatic heterocycles. The number of aromatic nitrogens is 1. The summed E-state index contributed by atoms with van der Waals surface area (Å²) in [6.45, 7) is 6.56. The van der Waals surface area contributed by atoms with E-state index in [1.165, 1.54) is 5.56 Å². The van der Waals surface area contributed by atoms with Gasteiger partial charge in [-0.3, -0.25) is 4.79 Å². The number of carbonyl (C=O) groups excluding carboxylic acids is 1. The van der Waals surface area contributed by atoms with Crippen molar-refractivity contribution >= 4 is 45.3 Å². The van der Waals surface area contributed by atoms with Crippen LogP contribution in [-0.2, 0) is 5.41 Å². The van der Waals surface area contributed by atoms with Crippen molar-refractivity contribution in [2.24, 2.45) is 0 Å². The van der Waals surface area contributed by atoms with Gasteiger partial charge in [-0.15, -0.1) is 0 Å². The summed E-state index contributed by atoms with van der Waals surface area (Å²) in [6, 6.07) is 21.3. The van der Waals surface area contributed by atoms with Crippen LogP contribution in [0.25, 0.3) is 22.6 Å². The average molecular weight is 496 g/mol. The molecule has 0 bridgehead atoms. The number of carbonyl (C=O) groups is 1. The molecule has 0 saturated carbocycles. The molecule has 0 aliphatic rings. The molecule has 0 radical (unpaired) electrons. The molecule has 3 aromatic carbocycles. The fourth-order valence-corrected chi connectivity index (χ4v) is 3.72. The molecule has 0 aliphatic heterocycles. The van der Waals surface area contributed by atoms with Crippen molar-refractivity contribution < 1.29 is 9.21 Å². The molecule has 4 rings (SSSR count). The molecule has 5 heteroatoms. The Bertz CT molecular complexity index is 1190. The maximum Gasteiger partial charge on any atom is 0.256 e. The minimum absolute atomic E-state index is 0.101. The van der Waals surface area contributed by atoms with Crippen molar-refractivity contribution in [1.82, 2.24) is 4.98 Å². The number of nitrogens with one attached hydrogen (secondary N) is 1. The molecule has 0 aliphatic carbocycles. The lowest BCUT2D eigenvalue weighted by Gasteiger charge is -2.18. The highest BCUT2D eigenvalue weighted by atomic mass is 127. The van der Waals surface area contributed by atoms with E-state index in [0.29, 0.717) is 28.2 Å². The minimum atomic E-state index is -0.143. The Morgan fingerprint density at radius 3 is 2.41 bits per heavy atom. The lowest BCUT2D eigenvalue weighted by molar-refractivity contribution is 0.102. The van der Waals surface area contributed by atoms with Gasteiger partial charge in [0.1, 0.15) is 5.52 Å². The second-order valence-electron chi connectivity index (χ2n) is 7.96. The van der Waals surface area contributed by atoms with Gasteiger partial charge in [-0.05, 0) is 76.0 Å². The molecule has 29 heavy (non-hydrogen) atoms. The Labute approximate surface area is 183 Å². The van der Waals surface area contributed by atoms with Crippen molar-refractivity contribution in [2.45, 2.75) is 26.2 Å². The molecule has 1 heterocycles. The first kappa shape index (κ1) is 19.6. The number of oxazole rings is 1. The lowest BCUT2D eigenvalue weighted by atomic mass is 9.87. The van der Waals surface area contributed by atoms with E-state index in [2.05, 4.69) is 65.8 Å². The summed E-state index contributed by atoms with van der Waals surface area (Å²) in [4.78, 5) is 17.2. The number of hydrogen-bond donors (Lipinski definition) is 1. The third kappa shape index (κ3) is 4.19. The van der Waals surface area contributed by atoms with Crippen molar-refractivity contribution in [3.63, 3.8) is 0 Å². The fraction of sp³-hybridized carbons (Fsp3) is 0.167. The summed E-state index contributed by atoms with van der Waals surface area (Å²) < 4.78 is 6.83. The zero-order valence-electron chi connectivity index (χ0n) is 16.5. The highest BCUT2D eigenvalue weighted by Gasteiger charge is 2.15. The Kier molecular flexibility index (Phi) is 5.17. The van der Waals surface area contributed by atoms with E-state index in [9.17, 15) is 4.79 Å². The monoisotopic (exact) mass is 496 g/mol. The Morgan fingerprint density at radius 1 is 1.00 bits per heavy atom. The van der Waals surface area contributed by atoms with Gasteiger partial charge >= 0.3 is 0 Å². The van der Waals surface area contributed by atoms with Crippen LogP contribution in [0.5, 0.6) is 0 Å². The third-order valence-electron chi connectivity index (χ3n) is 4.76. The van der Waals surface area contributed by atoms with Gasteiger partial charge < -0.3 is 9.73 Å². The molecular weight excluding hydrogens is 475 g/mol. The van der Waals surface area contributed by atoms with E-state index >= 15 is 0 Å². The molecule has 0 fully saturated rings. The van der Waals surface area contributed by atoms with Crippen LogP contribution in [0.15, 0.2) is 71.1 Å². The van der Waals surface area contributed by atoms with E-state index in [-0.39, 0.29) is 11.3 Å². The number of nitrogens with zero attached hydrogens (tertiary/aromatic N) is 1. The molecule has 1 N–H and O–H groups in total.